The zero-order valence-corrected chi connectivity index (χ0v) is 19.5. The number of ether oxygens (including phenoxy) is 2. The number of carbonyl (C=O) groups is 2. The molecule has 0 bridgehead atoms. The molecule has 36 heavy (non-hydrogen) atoms. The fourth-order valence-corrected chi connectivity index (χ4v) is 4.24. The van der Waals surface area contributed by atoms with Crippen LogP contribution < -0.4 is 9.47 Å². The van der Waals surface area contributed by atoms with Crippen LogP contribution in [0.2, 0.25) is 0 Å². The van der Waals surface area contributed by atoms with Crippen LogP contribution in [0, 0.1) is 0 Å². The lowest BCUT2D eigenvalue weighted by molar-refractivity contribution is -0.140. The van der Waals surface area contributed by atoms with Crippen LogP contribution in [0.4, 0.5) is 0 Å². The van der Waals surface area contributed by atoms with Gasteiger partial charge in [0.15, 0.2) is 0 Å². The molecule has 1 aromatic heterocycles. The molecule has 7 heteroatoms. The zero-order chi connectivity index (χ0) is 25.1. The van der Waals surface area contributed by atoms with Gasteiger partial charge in [-0.1, -0.05) is 30.3 Å². The second-order valence-corrected chi connectivity index (χ2v) is 8.22. The summed E-state index contributed by atoms with van der Waals surface area (Å²) in [5.74, 6) is 0.548. The van der Waals surface area contributed by atoms with Crippen molar-refractivity contribution in [3.05, 3.63) is 120 Å². The van der Waals surface area contributed by atoms with E-state index in [0.717, 1.165) is 0 Å². The van der Waals surface area contributed by atoms with E-state index in [9.17, 15) is 14.7 Å². The van der Waals surface area contributed by atoms with Crippen LogP contribution in [-0.2, 0) is 16.1 Å². The molecule has 1 aliphatic heterocycles. The molecule has 3 aromatic carbocycles. The van der Waals surface area contributed by atoms with E-state index in [-0.39, 0.29) is 17.9 Å². The van der Waals surface area contributed by atoms with E-state index in [4.69, 9.17) is 13.9 Å². The van der Waals surface area contributed by atoms with Gasteiger partial charge in [0.1, 0.15) is 28.8 Å². The van der Waals surface area contributed by atoms with Gasteiger partial charge in [-0.15, -0.1) is 0 Å². The van der Waals surface area contributed by atoms with Crippen molar-refractivity contribution >= 4 is 17.4 Å². The number of Topliss-reactive ketones (excluding diaryl/α,β-unsaturated/α-hetero) is 1. The summed E-state index contributed by atoms with van der Waals surface area (Å²) in [6.45, 7) is 0.0609. The van der Waals surface area contributed by atoms with E-state index in [1.165, 1.54) is 11.2 Å². The van der Waals surface area contributed by atoms with E-state index in [1.807, 2.05) is 30.3 Å². The van der Waals surface area contributed by atoms with Crippen LogP contribution in [0.1, 0.15) is 22.9 Å². The number of amides is 1. The van der Waals surface area contributed by atoms with E-state index >= 15 is 0 Å². The minimum absolute atomic E-state index is 0.00594. The second kappa shape index (κ2) is 9.84. The van der Waals surface area contributed by atoms with Gasteiger partial charge in [-0.2, -0.15) is 0 Å². The first-order chi connectivity index (χ1) is 17.5. The minimum atomic E-state index is -0.850. The number of hydrogen-bond acceptors (Lipinski definition) is 6. The third-order valence-corrected chi connectivity index (χ3v) is 5.96. The predicted molar refractivity (Wildman–Crippen MR) is 133 cm³/mol. The van der Waals surface area contributed by atoms with Crippen molar-refractivity contribution in [1.29, 1.82) is 0 Å². The first kappa shape index (κ1) is 23.0. The number of rotatable bonds is 7. The highest BCUT2D eigenvalue weighted by Crippen LogP contribution is 2.41. The summed E-state index contributed by atoms with van der Waals surface area (Å²) in [5.41, 5.74) is 1.01. The largest absolute Gasteiger partial charge is 0.507 e. The van der Waals surface area contributed by atoms with Crippen molar-refractivity contribution in [1.82, 2.24) is 4.90 Å². The first-order valence-corrected chi connectivity index (χ1v) is 11.3. The molecule has 1 saturated heterocycles. The molecule has 1 unspecified atom stereocenters. The molecule has 7 nitrogen and oxygen atoms in total. The third kappa shape index (κ3) is 4.46. The van der Waals surface area contributed by atoms with Crippen LogP contribution in [-0.4, -0.2) is 28.8 Å². The monoisotopic (exact) mass is 481 g/mol. The number of benzene rings is 3. The van der Waals surface area contributed by atoms with E-state index in [0.29, 0.717) is 34.1 Å². The Morgan fingerprint density at radius 2 is 1.64 bits per heavy atom. The fourth-order valence-electron chi connectivity index (χ4n) is 4.24. The Morgan fingerprint density at radius 1 is 0.889 bits per heavy atom. The molecule has 1 N–H and O–H groups in total. The summed E-state index contributed by atoms with van der Waals surface area (Å²) in [4.78, 5) is 27.8. The van der Waals surface area contributed by atoms with Crippen LogP contribution in [0.5, 0.6) is 17.2 Å². The van der Waals surface area contributed by atoms with Gasteiger partial charge in [0.2, 0.25) is 0 Å². The Balaban J connectivity index is 1.60. The topological polar surface area (TPSA) is 89.2 Å². The number of hydrogen-bond donors (Lipinski definition) is 1. The van der Waals surface area contributed by atoms with Crippen molar-refractivity contribution < 1.29 is 28.6 Å². The molecule has 1 amide bonds. The lowest BCUT2D eigenvalue weighted by atomic mass is 9.95. The average molecular weight is 482 g/mol. The Kier molecular flexibility index (Phi) is 6.28. The van der Waals surface area contributed by atoms with Gasteiger partial charge >= 0.3 is 0 Å². The maximum atomic E-state index is 13.2. The molecule has 2 heterocycles. The number of aliphatic hydroxyl groups excluding tert-OH is 1. The summed E-state index contributed by atoms with van der Waals surface area (Å²) in [6, 6.07) is 25.7. The first-order valence-electron chi connectivity index (χ1n) is 11.3. The highest BCUT2D eigenvalue weighted by molar-refractivity contribution is 6.46. The predicted octanol–water partition coefficient (Wildman–Crippen LogP) is 5.70. The Hall–Kier alpha value is -4.78. The Bertz CT molecular complexity index is 1410. The molecule has 5 rings (SSSR count). The molecule has 0 saturated carbocycles. The smallest absolute Gasteiger partial charge is 0.296 e. The summed E-state index contributed by atoms with van der Waals surface area (Å²) in [7, 11) is 1.54. The van der Waals surface area contributed by atoms with Gasteiger partial charge in [-0.25, -0.2) is 0 Å². The Labute approximate surface area is 207 Å². The van der Waals surface area contributed by atoms with Crippen LogP contribution in [0.15, 0.2) is 107 Å². The van der Waals surface area contributed by atoms with Crippen LogP contribution >= 0.6 is 0 Å². The number of furan rings is 1. The van der Waals surface area contributed by atoms with E-state index < -0.39 is 17.7 Å². The van der Waals surface area contributed by atoms with Crippen molar-refractivity contribution in [2.75, 3.05) is 7.11 Å². The molecule has 0 aliphatic carbocycles. The highest BCUT2D eigenvalue weighted by Gasteiger charge is 2.46. The molecular weight excluding hydrogens is 458 g/mol. The average Bonchev–Trinajstić information content (AvgIpc) is 3.51. The lowest BCUT2D eigenvalue weighted by Crippen LogP contribution is -2.29. The van der Waals surface area contributed by atoms with Gasteiger partial charge in [0.05, 0.1) is 31.5 Å². The number of methoxy groups -OCH3 is 1. The quantitative estimate of drug-likeness (QED) is 0.207. The summed E-state index contributed by atoms with van der Waals surface area (Å²) in [5, 5.41) is 11.2. The fraction of sp³-hybridized carbons (Fsp3) is 0.103. The highest BCUT2D eigenvalue weighted by atomic mass is 16.5. The molecule has 0 radical (unpaired) electrons. The zero-order valence-electron chi connectivity index (χ0n) is 19.5. The van der Waals surface area contributed by atoms with Gasteiger partial charge in [0.25, 0.3) is 11.7 Å². The normalized spacial score (nSPS) is 16.8. The summed E-state index contributed by atoms with van der Waals surface area (Å²) in [6.07, 6.45) is 1.51. The third-order valence-electron chi connectivity index (χ3n) is 5.96. The molecule has 1 atom stereocenters. The van der Waals surface area contributed by atoms with Crippen molar-refractivity contribution in [2.24, 2.45) is 0 Å². The van der Waals surface area contributed by atoms with Gasteiger partial charge in [0, 0.05) is 5.56 Å². The molecule has 0 spiro atoms. The van der Waals surface area contributed by atoms with Crippen molar-refractivity contribution in [2.45, 2.75) is 12.6 Å². The van der Waals surface area contributed by atoms with E-state index in [2.05, 4.69) is 0 Å². The standard InChI is InChI=1S/C29H23NO6/c1-34-21-14-12-19(13-15-21)27(31)25-26(30(29(33)28(25)32)18-24-11-6-16-35-24)20-7-5-10-23(17-20)36-22-8-3-2-4-9-22/h2-17,26,31H,18H2,1H3. The maximum Gasteiger partial charge on any atom is 0.296 e. The minimum Gasteiger partial charge on any atom is -0.507 e. The Morgan fingerprint density at radius 3 is 2.33 bits per heavy atom. The van der Waals surface area contributed by atoms with Gasteiger partial charge in [-0.3, -0.25) is 9.59 Å². The van der Waals surface area contributed by atoms with Crippen LogP contribution in [0.25, 0.3) is 5.76 Å². The number of likely N-dealkylation sites (tertiary alicyclic amines) is 1. The van der Waals surface area contributed by atoms with Crippen molar-refractivity contribution in [3.63, 3.8) is 0 Å². The molecule has 4 aromatic rings. The molecular formula is C29H23NO6. The number of aliphatic hydroxyl groups is 1. The van der Waals surface area contributed by atoms with Crippen molar-refractivity contribution in [3.8, 4) is 17.2 Å². The number of nitrogens with zero attached hydrogens (tertiary/aromatic N) is 1. The molecule has 1 fully saturated rings. The molecule has 1 aliphatic rings. The second-order valence-electron chi connectivity index (χ2n) is 8.22. The number of para-hydroxylation sites is 1. The van der Waals surface area contributed by atoms with Gasteiger partial charge in [-0.05, 0) is 66.2 Å². The maximum absolute atomic E-state index is 13.2. The SMILES string of the molecule is COc1ccc(C(O)=C2C(=O)C(=O)N(Cc3ccco3)C2c2cccc(Oc3ccccc3)c2)cc1. The number of ketones is 1. The van der Waals surface area contributed by atoms with E-state index in [1.54, 1.807) is 67.8 Å². The lowest BCUT2D eigenvalue weighted by Gasteiger charge is -2.25. The summed E-state index contributed by atoms with van der Waals surface area (Å²) < 4.78 is 16.6. The summed E-state index contributed by atoms with van der Waals surface area (Å²) >= 11 is 0. The number of carbonyl (C=O) groups excluding carboxylic acids is 2. The van der Waals surface area contributed by atoms with Crippen LogP contribution in [0.3, 0.4) is 0 Å². The van der Waals surface area contributed by atoms with Gasteiger partial charge < -0.3 is 23.9 Å². The molecule has 180 valence electrons.